The monoisotopic (exact) mass is 270 g/mol. The molecule has 1 aliphatic heterocycles. The average Bonchev–Trinajstić information content (AvgIpc) is 2.68. The van der Waals surface area contributed by atoms with Crippen molar-refractivity contribution < 1.29 is 14.2 Å². The van der Waals surface area contributed by atoms with E-state index in [1.165, 1.54) is 12.3 Å². The van der Waals surface area contributed by atoms with E-state index in [1.54, 1.807) is 0 Å². The molecule has 1 saturated heterocycles. The molecule has 6 nitrogen and oxygen atoms in total. The number of aliphatic hydroxyl groups is 1. The van der Waals surface area contributed by atoms with Gasteiger partial charge in [-0.1, -0.05) is 6.08 Å². The van der Waals surface area contributed by atoms with Gasteiger partial charge in [-0.3, -0.25) is 14.3 Å². The van der Waals surface area contributed by atoms with E-state index in [0.29, 0.717) is 0 Å². The summed E-state index contributed by atoms with van der Waals surface area (Å²) in [4.78, 5) is 24.6. The van der Waals surface area contributed by atoms with Gasteiger partial charge in [-0.2, -0.15) is 0 Å². The van der Waals surface area contributed by atoms with Crippen LogP contribution in [0, 0.1) is 0 Å². The lowest BCUT2D eigenvalue weighted by atomic mass is 9.96. The molecule has 0 bridgehead atoms. The van der Waals surface area contributed by atoms with Gasteiger partial charge in [0.05, 0.1) is 5.60 Å². The van der Waals surface area contributed by atoms with Crippen molar-refractivity contribution in [3.63, 3.8) is 0 Å². The predicted octanol–water partition coefficient (Wildman–Crippen LogP) is 0.101. The number of alkyl halides is 1. The number of halogens is 1. The number of ether oxygens (including phenoxy) is 1. The van der Waals surface area contributed by atoms with Gasteiger partial charge in [-0.15, -0.1) is 6.58 Å². The number of hydrogen-bond donors (Lipinski definition) is 2. The Hall–Kier alpha value is -1.73. The van der Waals surface area contributed by atoms with Gasteiger partial charge >= 0.3 is 5.69 Å². The first-order chi connectivity index (χ1) is 9.01. The van der Waals surface area contributed by atoms with Crippen molar-refractivity contribution in [3.8, 4) is 0 Å². The highest BCUT2D eigenvalue weighted by Crippen LogP contribution is 2.40. The fourth-order valence-electron chi connectivity index (χ4n) is 2.24. The van der Waals surface area contributed by atoms with E-state index >= 15 is 0 Å². The summed E-state index contributed by atoms with van der Waals surface area (Å²) < 4.78 is 20.6. The normalized spacial score (nSPS) is 30.4. The summed E-state index contributed by atoms with van der Waals surface area (Å²) in [5.41, 5.74) is -2.28. The Morgan fingerprint density at radius 1 is 1.68 bits per heavy atom. The number of rotatable bonds is 4. The molecule has 7 heteroatoms. The highest BCUT2D eigenvalue weighted by molar-refractivity contribution is 5.05. The molecule has 0 aliphatic carbocycles. The Balaban J connectivity index is 2.34. The maximum absolute atomic E-state index is 14.1. The fourth-order valence-corrected chi connectivity index (χ4v) is 2.24. The van der Waals surface area contributed by atoms with Crippen molar-refractivity contribution >= 4 is 0 Å². The minimum atomic E-state index is -1.42. The molecule has 0 radical (unpaired) electrons. The summed E-state index contributed by atoms with van der Waals surface area (Å²) in [6, 6.07) is 1.12. The topological polar surface area (TPSA) is 84.3 Å². The summed E-state index contributed by atoms with van der Waals surface area (Å²) in [6.07, 6.45) is 0.282. The molecule has 0 saturated carbocycles. The molecular weight excluding hydrogens is 255 g/mol. The highest BCUT2D eigenvalue weighted by atomic mass is 19.1. The zero-order valence-electron chi connectivity index (χ0n) is 10.2. The maximum Gasteiger partial charge on any atom is 0.330 e. The van der Waals surface area contributed by atoms with Gasteiger partial charge in [0.15, 0.2) is 6.23 Å². The first kappa shape index (κ1) is 13.7. The number of hydrogen-bond acceptors (Lipinski definition) is 4. The molecule has 2 unspecified atom stereocenters. The lowest BCUT2D eigenvalue weighted by Crippen LogP contribution is -2.35. The summed E-state index contributed by atoms with van der Waals surface area (Å²) in [5.74, 6) is 0. The van der Waals surface area contributed by atoms with Gasteiger partial charge in [-0.25, -0.2) is 9.18 Å². The number of H-pyrrole nitrogens is 1. The molecular formula is C12H15FN2O4. The van der Waals surface area contributed by atoms with Gasteiger partial charge in [0, 0.05) is 31.7 Å². The second kappa shape index (κ2) is 5.10. The lowest BCUT2D eigenvalue weighted by Gasteiger charge is -2.24. The molecule has 2 rings (SSSR count). The molecule has 104 valence electrons. The van der Waals surface area contributed by atoms with E-state index in [2.05, 4.69) is 6.58 Å². The molecule has 2 heterocycles. The molecule has 0 aromatic carbocycles. The quantitative estimate of drug-likeness (QED) is 0.760. The average molecular weight is 270 g/mol. The van der Waals surface area contributed by atoms with E-state index < -0.39 is 29.2 Å². The summed E-state index contributed by atoms with van der Waals surface area (Å²) in [6.45, 7) is 3.41. The van der Waals surface area contributed by atoms with Crippen LogP contribution in [0.3, 0.4) is 0 Å². The Morgan fingerprint density at radius 2 is 2.42 bits per heavy atom. The molecule has 3 atom stereocenters. The van der Waals surface area contributed by atoms with Crippen LogP contribution in [0.1, 0.15) is 19.1 Å². The molecule has 1 aliphatic rings. The molecule has 1 aromatic rings. The predicted molar refractivity (Wildman–Crippen MR) is 65.6 cm³/mol. The minimum absolute atomic E-state index is 0.00724. The Bertz CT molecular complexity index is 582. The van der Waals surface area contributed by atoms with Crippen LogP contribution < -0.4 is 11.2 Å². The Labute approximate surface area is 108 Å². The zero-order valence-corrected chi connectivity index (χ0v) is 10.2. The molecule has 1 fully saturated rings. The minimum Gasteiger partial charge on any atom is -0.396 e. The number of nitrogens with one attached hydrogen (secondary N) is 1. The van der Waals surface area contributed by atoms with E-state index in [9.17, 15) is 14.0 Å². The smallest absolute Gasteiger partial charge is 0.330 e. The van der Waals surface area contributed by atoms with E-state index in [0.717, 1.165) is 10.6 Å². The summed E-state index contributed by atoms with van der Waals surface area (Å²) in [5, 5.41) is 8.99. The van der Waals surface area contributed by atoms with E-state index in [1.807, 2.05) is 4.98 Å². The van der Waals surface area contributed by atoms with Crippen molar-refractivity contribution in [3.05, 3.63) is 45.8 Å². The van der Waals surface area contributed by atoms with Gasteiger partial charge < -0.3 is 9.84 Å². The number of aromatic nitrogens is 2. The lowest BCUT2D eigenvalue weighted by molar-refractivity contribution is -0.0663. The zero-order chi connectivity index (χ0) is 14.0. The van der Waals surface area contributed by atoms with Crippen LogP contribution in [0.25, 0.3) is 0 Å². The largest absolute Gasteiger partial charge is 0.396 e. The van der Waals surface area contributed by atoms with Crippen LogP contribution in [-0.2, 0) is 4.74 Å². The van der Waals surface area contributed by atoms with E-state index in [-0.39, 0.29) is 19.4 Å². The Morgan fingerprint density at radius 3 is 3.00 bits per heavy atom. The molecule has 0 spiro atoms. The second-order valence-corrected chi connectivity index (χ2v) is 4.49. The van der Waals surface area contributed by atoms with Gasteiger partial charge in [0.2, 0.25) is 0 Å². The third-order valence-electron chi connectivity index (χ3n) is 3.24. The van der Waals surface area contributed by atoms with Crippen LogP contribution in [0.15, 0.2) is 34.5 Å². The number of aliphatic hydroxyl groups excluding tert-OH is 1. The van der Waals surface area contributed by atoms with Crippen LogP contribution in [0.2, 0.25) is 0 Å². The highest BCUT2D eigenvalue weighted by Gasteiger charge is 2.45. The first-order valence-corrected chi connectivity index (χ1v) is 5.89. The number of aromatic amines is 1. The Kier molecular flexibility index (Phi) is 3.68. The van der Waals surface area contributed by atoms with Crippen molar-refractivity contribution in [2.45, 2.75) is 30.8 Å². The van der Waals surface area contributed by atoms with Gasteiger partial charge in [0.1, 0.15) is 6.17 Å². The van der Waals surface area contributed by atoms with Crippen molar-refractivity contribution in [1.82, 2.24) is 9.55 Å². The standard InChI is InChI=1S/C12H15FN2O4/c1-2-12(4-6-16)7-8(13)10(19-12)15-5-3-9(17)14-11(15)18/h2-3,5,8,10,16H,1,4,6-7H2,(H,14,17,18)/t8?,10?,12-/m1/s1. The van der Waals surface area contributed by atoms with Crippen molar-refractivity contribution in [2.75, 3.05) is 6.61 Å². The molecule has 0 amide bonds. The molecule has 2 N–H and O–H groups in total. The van der Waals surface area contributed by atoms with Gasteiger partial charge in [-0.05, 0) is 0 Å². The third-order valence-corrected chi connectivity index (χ3v) is 3.24. The third kappa shape index (κ3) is 2.52. The maximum atomic E-state index is 14.1. The van der Waals surface area contributed by atoms with Crippen LogP contribution in [0.5, 0.6) is 0 Å². The van der Waals surface area contributed by atoms with Gasteiger partial charge in [0.25, 0.3) is 5.56 Å². The van der Waals surface area contributed by atoms with Crippen molar-refractivity contribution in [2.24, 2.45) is 0 Å². The van der Waals surface area contributed by atoms with Crippen LogP contribution >= 0.6 is 0 Å². The fraction of sp³-hybridized carbons (Fsp3) is 0.500. The molecule has 19 heavy (non-hydrogen) atoms. The SMILES string of the molecule is C=C[C@@]1(CCO)CC(F)C(n2ccc(=O)[nH]c2=O)O1. The van der Waals surface area contributed by atoms with E-state index in [4.69, 9.17) is 9.84 Å². The first-order valence-electron chi connectivity index (χ1n) is 5.89. The van der Waals surface area contributed by atoms with Crippen LogP contribution in [-0.4, -0.2) is 33.0 Å². The molecule has 1 aromatic heterocycles. The summed E-state index contributed by atoms with van der Waals surface area (Å²) in [7, 11) is 0. The summed E-state index contributed by atoms with van der Waals surface area (Å²) >= 11 is 0. The second-order valence-electron chi connectivity index (χ2n) is 4.49. The number of nitrogens with zero attached hydrogens (tertiary/aromatic N) is 1. The van der Waals surface area contributed by atoms with Crippen molar-refractivity contribution in [1.29, 1.82) is 0 Å². The van der Waals surface area contributed by atoms with Crippen LogP contribution in [0.4, 0.5) is 4.39 Å².